The standard InChI is InChI=1S/C15H15N3O5S/c1-2-16-24(22,23)14-8-6-11(7-9-14)15(19)17-12-4-3-5-13(10-12)18(20)21/h3-10,16H,2H2,1H3,(H,17,19). The Kier molecular flexibility index (Phi) is 5.27. The number of rotatable bonds is 6. The number of amides is 1. The number of carbonyl (C=O) groups is 1. The first-order valence-corrected chi connectivity index (χ1v) is 8.47. The minimum atomic E-state index is -3.58. The molecule has 0 fully saturated rings. The van der Waals surface area contributed by atoms with Gasteiger partial charge in [0.05, 0.1) is 9.82 Å². The van der Waals surface area contributed by atoms with E-state index >= 15 is 0 Å². The zero-order chi connectivity index (χ0) is 17.7. The molecular weight excluding hydrogens is 334 g/mol. The predicted molar refractivity (Wildman–Crippen MR) is 88.4 cm³/mol. The second-order valence-electron chi connectivity index (χ2n) is 4.79. The van der Waals surface area contributed by atoms with Gasteiger partial charge in [-0.1, -0.05) is 13.0 Å². The molecule has 0 heterocycles. The van der Waals surface area contributed by atoms with Crippen LogP contribution in [-0.4, -0.2) is 25.8 Å². The maximum Gasteiger partial charge on any atom is 0.271 e. The van der Waals surface area contributed by atoms with Crippen molar-refractivity contribution in [2.24, 2.45) is 0 Å². The number of sulfonamides is 1. The maximum absolute atomic E-state index is 12.1. The fourth-order valence-electron chi connectivity index (χ4n) is 1.96. The van der Waals surface area contributed by atoms with Gasteiger partial charge in [0.2, 0.25) is 10.0 Å². The van der Waals surface area contributed by atoms with Crippen molar-refractivity contribution in [3.05, 3.63) is 64.2 Å². The summed E-state index contributed by atoms with van der Waals surface area (Å²) in [4.78, 5) is 22.4. The summed E-state index contributed by atoms with van der Waals surface area (Å²) in [7, 11) is -3.58. The van der Waals surface area contributed by atoms with Crippen LogP contribution in [0.25, 0.3) is 0 Å². The topological polar surface area (TPSA) is 118 Å². The number of nitrogens with zero attached hydrogens (tertiary/aromatic N) is 1. The molecular formula is C15H15N3O5S. The second-order valence-corrected chi connectivity index (χ2v) is 6.55. The summed E-state index contributed by atoms with van der Waals surface area (Å²) in [5, 5.41) is 13.3. The van der Waals surface area contributed by atoms with Crippen LogP contribution < -0.4 is 10.0 Å². The molecule has 0 saturated carbocycles. The van der Waals surface area contributed by atoms with Crippen LogP contribution in [0.2, 0.25) is 0 Å². The minimum Gasteiger partial charge on any atom is -0.322 e. The lowest BCUT2D eigenvalue weighted by molar-refractivity contribution is -0.384. The third-order valence-corrected chi connectivity index (χ3v) is 4.64. The molecule has 0 aliphatic carbocycles. The van der Waals surface area contributed by atoms with E-state index in [0.29, 0.717) is 0 Å². The first-order valence-electron chi connectivity index (χ1n) is 6.99. The highest BCUT2D eigenvalue weighted by Crippen LogP contribution is 2.18. The molecule has 0 radical (unpaired) electrons. The molecule has 0 aromatic heterocycles. The maximum atomic E-state index is 12.1. The number of anilines is 1. The van der Waals surface area contributed by atoms with Gasteiger partial charge < -0.3 is 5.32 Å². The van der Waals surface area contributed by atoms with Gasteiger partial charge in [0.15, 0.2) is 0 Å². The zero-order valence-corrected chi connectivity index (χ0v) is 13.5. The molecule has 0 atom stereocenters. The van der Waals surface area contributed by atoms with Crippen molar-refractivity contribution in [1.82, 2.24) is 4.72 Å². The SMILES string of the molecule is CCNS(=O)(=O)c1ccc(C(=O)Nc2cccc([N+](=O)[O-])c2)cc1. The van der Waals surface area contributed by atoms with Crippen LogP contribution in [0.15, 0.2) is 53.4 Å². The molecule has 0 bridgehead atoms. The van der Waals surface area contributed by atoms with E-state index in [1.165, 1.54) is 48.5 Å². The van der Waals surface area contributed by atoms with E-state index < -0.39 is 20.9 Å². The summed E-state index contributed by atoms with van der Waals surface area (Å²) in [6.07, 6.45) is 0. The molecule has 0 aliphatic rings. The molecule has 2 aromatic rings. The van der Waals surface area contributed by atoms with Gasteiger partial charge in [-0.2, -0.15) is 0 Å². The molecule has 0 aliphatic heterocycles. The van der Waals surface area contributed by atoms with E-state index in [2.05, 4.69) is 10.0 Å². The third kappa shape index (κ3) is 4.15. The zero-order valence-electron chi connectivity index (χ0n) is 12.7. The van der Waals surface area contributed by atoms with Gasteiger partial charge in [-0.05, 0) is 30.3 Å². The molecule has 9 heteroatoms. The van der Waals surface area contributed by atoms with E-state index in [1.54, 1.807) is 6.92 Å². The van der Waals surface area contributed by atoms with Crippen LogP contribution in [0, 0.1) is 10.1 Å². The Morgan fingerprint density at radius 2 is 1.83 bits per heavy atom. The fourth-order valence-corrected chi connectivity index (χ4v) is 3.00. The molecule has 2 aromatic carbocycles. The van der Waals surface area contributed by atoms with Gasteiger partial charge in [0, 0.05) is 29.9 Å². The van der Waals surface area contributed by atoms with Crippen LogP contribution in [-0.2, 0) is 10.0 Å². The Balaban J connectivity index is 2.16. The first-order chi connectivity index (χ1) is 11.3. The average molecular weight is 349 g/mol. The monoisotopic (exact) mass is 349 g/mol. The number of non-ortho nitro benzene ring substituents is 1. The van der Waals surface area contributed by atoms with Crippen molar-refractivity contribution in [1.29, 1.82) is 0 Å². The smallest absolute Gasteiger partial charge is 0.271 e. The van der Waals surface area contributed by atoms with E-state index in [4.69, 9.17) is 0 Å². The Morgan fingerprint density at radius 1 is 1.17 bits per heavy atom. The van der Waals surface area contributed by atoms with Gasteiger partial charge in [0.25, 0.3) is 11.6 Å². The highest BCUT2D eigenvalue weighted by atomic mass is 32.2. The number of nitrogens with one attached hydrogen (secondary N) is 2. The lowest BCUT2D eigenvalue weighted by Crippen LogP contribution is -2.23. The summed E-state index contributed by atoms with van der Waals surface area (Å²) in [6.45, 7) is 1.93. The van der Waals surface area contributed by atoms with Crippen LogP contribution in [0.4, 0.5) is 11.4 Å². The van der Waals surface area contributed by atoms with E-state index in [-0.39, 0.29) is 28.4 Å². The number of benzene rings is 2. The lowest BCUT2D eigenvalue weighted by Gasteiger charge is -2.07. The van der Waals surface area contributed by atoms with Gasteiger partial charge in [-0.15, -0.1) is 0 Å². The number of nitro benzene ring substituents is 1. The summed E-state index contributed by atoms with van der Waals surface area (Å²) >= 11 is 0. The molecule has 126 valence electrons. The summed E-state index contributed by atoms with van der Waals surface area (Å²) in [5.41, 5.74) is 0.371. The van der Waals surface area contributed by atoms with Crippen molar-refractivity contribution in [2.75, 3.05) is 11.9 Å². The van der Waals surface area contributed by atoms with E-state index in [1.807, 2.05) is 0 Å². The van der Waals surface area contributed by atoms with Crippen LogP contribution in [0.1, 0.15) is 17.3 Å². The molecule has 0 saturated heterocycles. The Bertz CT molecular complexity index is 863. The van der Waals surface area contributed by atoms with Crippen LogP contribution in [0.5, 0.6) is 0 Å². The second kappa shape index (κ2) is 7.20. The molecule has 2 N–H and O–H groups in total. The molecule has 24 heavy (non-hydrogen) atoms. The fraction of sp³-hybridized carbons (Fsp3) is 0.133. The molecule has 8 nitrogen and oxygen atoms in total. The third-order valence-electron chi connectivity index (χ3n) is 3.08. The van der Waals surface area contributed by atoms with E-state index in [0.717, 1.165) is 0 Å². The molecule has 0 spiro atoms. The van der Waals surface area contributed by atoms with E-state index in [9.17, 15) is 23.3 Å². The number of hydrogen-bond acceptors (Lipinski definition) is 5. The molecule has 0 unspecified atom stereocenters. The quantitative estimate of drug-likeness (QED) is 0.612. The highest BCUT2D eigenvalue weighted by molar-refractivity contribution is 7.89. The Hall–Kier alpha value is -2.78. The van der Waals surface area contributed by atoms with Crippen LogP contribution in [0.3, 0.4) is 0 Å². The lowest BCUT2D eigenvalue weighted by atomic mass is 10.2. The van der Waals surface area contributed by atoms with Gasteiger partial charge in [0.1, 0.15) is 0 Å². The number of nitro groups is 1. The summed E-state index contributed by atoms with van der Waals surface area (Å²) < 4.78 is 26.0. The number of hydrogen-bond donors (Lipinski definition) is 2. The molecule has 2 rings (SSSR count). The van der Waals surface area contributed by atoms with Crippen molar-refractivity contribution >= 4 is 27.3 Å². The minimum absolute atomic E-state index is 0.0521. The Labute approximate surface area is 138 Å². The summed E-state index contributed by atoms with van der Waals surface area (Å²) in [6, 6.07) is 10.9. The largest absolute Gasteiger partial charge is 0.322 e. The predicted octanol–water partition coefficient (Wildman–Crippen LogP) is 2.15. The molecule has 1 amide bonds. The van der Waals surface area contributed by atoms with Crippen molar-refractivity contribution in [2.45, 2.75) is 11.8 Å². The average Bonchev–Trinajstić information content (AvgIpc) is 2.55. The highest BCUT2D eigenvalue weighted by Gasteiger charge is 2.14. The van der Waals surface area contributed by atoms with Crippen molar-refractivity contribution in [3.8, 4) is 0 Å². The normalized spacial score (nSPS) is 11.0. The van der Waals surface area contributed by atoms with Crippen LogP contribution >= 0.6 is 0 Å². The van der Waals surface area contributed by atoms with Gasteiger partial charge in [-0.3, -0.25) is 14.9 Å². The summed E-state index contributed by atoms with van der Waals surface area (Å²) in [5.74, 6) is -0.497. The van der Waals surface area contributed by atoms with Crippen molar-refractivity contribution in [3.63, 3.8) is 0 Å². The van der Waals surface area contributed by atoms with Gasteiger partial charge in [-0.25, -0.2) is 13.1 Å². The first kappa shape index (κ1) is 17.6. The van der Waals surface area contributed by atoms with Gasteiger partial charge >= 0.3 is 0 Å². The van der Waals surface area contributed by atoms with Crippen molar-refractivity contribution < 1.29 is 18.1 Å². The Morgan fingerprint density at radius 3 is 2.42 bits per heavy atom. The number of carbonyl (C=O) groups excluding carboxylic acids is 1.